The molecule has 3 rings (SSSR count). The molecule has 2 N–H and O–H groups in total. The van der Waals surface area contributed by atoms with Crippen LogP contribution in [0.4, 0.5) is 5.69 Å². The van der Waals surface area contributed by atoms with Crippen molar-refractivity contribution in [3.63, 3.8) is 0 Å². The van der Waals surface area contributed by atoms with Crippen LogP contribution >= 0.6 is 12.2 Å². The summed E-state index contributed by atoms with van der Waals surface area (Å²) in [6, 6.07) is 15.1. The molecule has 0 fully saturated rings. The van der Waals surface area contributed by atoms with Crippen LogP contribution in [0.3, 0.4) is 0 Å². The van der Waals surface area contributed by atoms with E-state index < -0.39 is 0 Å². The highest BCUT2D eigenvalue weighted by Gasteiger charge is 2.10. The van der Waals surface area contributed by atoms with Crippen molar-refractivity contribution in [2.24, 2.45) is 5.10 Å². The zero-order valence-corrected chi connectivity index (χ0v) is 15.5. The average Bonchev–Trinajstić information content (AvgIpc) is 3.11. The quantitative estimate of drug-likeness (QED) is 0.400. The number of hydrogen-bond donors (Lipinski definition) is 2. The van der Waals surface area contributed by atoms with Gasteiger partial charge in [0.25, 0.3) is 0 Å². The first-order valence-electron chi connectivity index (χ1n) is 7.93. The highest BCUT2D eigenvalue weighted by Crippen LogP contribution is 2.28. The number of nitrogens with zero attached hydrogens (tertiary/aromatic N) is 1. The van der Waals surface area contributed by atoms with Gasteiger partial charge in [0, 0.05) is 11.1 Å². The van der Waals surface area contributed by atoms with Crippen LogP contribution in [0, 0.1) is 0 Å². The van der Waals surface area contributed by atoms with Crippen molar-refractivity contribution in [3.8, 4) is 11.5 Å². The lowest BCUT2D eigenvalue weighted by molar-refractivity contribution is 0.410. The average molecular weight is 369 g/mol. The van der Waals surface area contributed by atoms with Crippen LogP contribution in [0.15, 0.2) is 58.0 Å². The van der Waals surface area contributed by atoms with E-state index in [0.717, 1.165) is 16.8 Å². The van der Waals surface area contributed by atoms with Crippen molar-refractivity contribution in [2.75, 3.05) is 19.5 Å². The van der Waals surface area contributed by atoms with Gasteiger partial charge in [0.1, 0.15) is 11.5 Å². The molecule has 0 bridgehead atoms. The summed E-state index contributed by atoms with van der Waals surface area (Å²) >= 11 is 5.26. The van der Waals surface area contributed by atoms with Gasteiger partial charge in [-0.3, -0.25) is 5.43 Å². The van der Waals surface area contributed by atoms with Crippen molar-refractivity contribution in [1.29, 1.82) is 0 Å². The first-order chi connectivity index (χ1) is 12.6. The number of fused-ring (bicyclic) bond motifs is 1. The van der Waals surface area contributed by atoms with E-state index in [-0.39, 0.29) is 0 Å². The van der Waals surface area contributed by atoms with E-state index in [4.69, 9.17) is 26.1 Å². The maximum Gasteiger partial charge on any atom is 0.191 e. The molecule has 3 aromatic rings. The number of hydrazone groups is 1. The molecule has 0 amide bonds. The van der Waals surface area contributed by atoms with E-state index in [9.17, 15) is 0 Å². The van der Waals surface area contributed by atoms with Crippen LogP contribution in [0.25, 0.3) is 11.0 Å². The summed E-state index contributed by atoms with van der Waals surface area (Å²) in [5, 5.41) is 8.66. The number of para-hydroxylation sites is 1. The number of hydrogen-bond acceptors (Lipinski definition) is 5. The fourth-order valence-electron chi connectivity index (χ4n) is 2.40. The number of ether oxygens (including phenoxy) is 2. The Kier molecular flexibility index (Phi) is 5.38. The van der Waals surface area contributed by atoms with E-state index in [1.165, 1.54) is 0 Å². The molecule has 0 radical (unpaired) electrons. The molecule has 0 atom stereocenters. The van der Waals surface area contributed by atoms with Gasteiger partial charge in [-0.1, -0.05) is 12.1 Å². The molecular weight excluding hydrogens is 350 g/mol. The van der Waals surface area contributed by atoms with Crippen molar-refractivity contribution >= 4 is 39.7 Å². The van der Waals surface area contributed by atoms with Crippen LogP contribution in [0.5, 0.6) is 11.5 Å². The summed E-state index contributed by atoms with van der Waals surface area (Å²) in [5.74, 6) is 2.11. The second kappa shape index (κ2) is 7.88. The second-order valence-corrected chi connectivity index (χ2v) is 5.89. The summed E-state index contributed by atoms with van der Waals surface area (Å²) in [5.41, 5.74) is 5.02. The number of rotatable bonds is 5. The minimum atomic E-state index is 0.378. The highest BCUT2D eigenvalue weighted by atomic mass is 32.1. The van der Waals surface area contributed by atoms with E-state index in [0.29, 0.717) is 27.9 Å². The maximum atomic E-state index is 5.85. The molecular formula is C19H19N3O3S. The lowest BCUT2D eigenvalue weighted by Crippen LogP contribution is -2.24. The van der Waals surface area contributed by atoms with E-state index in [1.807, 2.05) is 55.5 Å². The Balaban J connectivity index is 1.68. The standard InChI is InChI=1S/C19H19N3O3S/c1-12(17-11-13-5-4-6-16(24-3)18(13)25-17)21-22-19(26)20-14-7-9-15(23-2)10-8-14/h4-11H,1-3H3,(H2,20,22,26)/b21-12-. The number of thiocarbonyl (C=S) groups is 1. The van der Waals surface area contributed by atoms with Gasteiger partial charge in [0.05, 0.1) is 14.2 Å². The zero-order valence-electron chi connectivity index (χ0n) is 14.7. The van der Waals surface area contributed by atoms with Crippen LogP contribution in [0.2, 0.25) is 0 Å². The molecule has 6 nitrogen and oxygen atoms in total. The molecule has 0 saturated carbocycles. The predicted octanol–water partition coefficient (Wildman–Crippen LogP) is 4.16. The number of nitrogens with one attached hydrogen (secondary N) is 2. The van der Waals surface area contributed by atoms with E-state index >= 15 is 0 Å². The van der Waals surface area contributed by atoms with Crippen LogP contribution < -0.4 is 20.2 Å². The van der Waals surface area contributed by atoms with Gasteiger partial charge in [-0.15, -0.1) is 0 Å². The molecule has 0 aliphatic carbocycles. The van der Waals surface area contributed by atoms with E-state index in [2.05, 4.69) is 15.8 Å². The number of furan rings is 1. The molecule has 26 heavy (non-hydrogen) atoms. The van der Waals surface area contributed by atoms with Gasteiger partial charge in [-0.2, -0.15) is 5.10 Å². The molecule has 7 heteroatoms. The largest absolute Gasteiger partial charge is 0.497 e. The molecule has 0 aliphatic heterocycles. The molecule has 1 heterocycles. The van der Waals surface area contributed by atoms with Crippen LogP contribution in [-0.4, -0.2) is 25.0 Å². The fourth-order valence-corrected chi connectivity index (χ4v) is 2.56. The van der Waals surface area contributed by atoms with Gasteiger partial charge < -0.3 is 19.2 Å². The van der Waals surface area contributed by atoms with Gasteiger partial charge in [0.2, 0.25) is 0 Å². The molecule has 2 aromatic carbocycles. The summed E-state index contributed by atoms with van der Waals surface area (Å²) in [4.78, 5) is 0. The molecule has 0 aliphatic rings. The zero-order chi connectivity index (χ0) is 18.5. The number of methoxy groups -OCH3 is 2. The minimum Gasteiger partial charge on any atom is -0.497 e. The highest BCUT2D eigenvalue weighted by molar-refractivity contribution is 7.80. The first kappa shape index (κ1) is 17.8. The Labute approximate surface area is 156 Å². The maximum absolute atomic E-state index is 5.85. The minimum absolute atomic E-state index is 0.378. The monoisotopic (exact) mass is 369 g/mol. The topological polar surface area (TPSA) is 68.0 Å². The molecule has 0 unspecified atom stereocenters. The lowest BCUT2D eigenvalue weighted by atomic mass is 10.2. The second-order valence-electron chi connectivity index (χ2n) is 5.48. The fraction of sp³-hybridized carbons (Fsp3) is 0.158. The Morgan fingerprint density at radius 1 is 1.08 bits per heavy atom. The van der Waals surface area contributed by atoms with Crippen molar-refractivity contribution in [1.82, 2.24) is 5.43 Å². The molecule has 1 aromatic heterocycles. The summed E-state index contributed by atoms with van der Waals surface area (Å²) < 4.78 is 16.3. The van der Waals surface area contributed by atoms with Crippen LogP contribution in [-0.2, 0) is 0 Å². The van der Waals surface area contributed by atoms with E-state index in [1.54, 1.807) is 14.2 Å². The Morgan fingerprint density at radius 3 is 2.54 bits per heavy atom. The van der Waals surface area contributed by atoms with Crippen molar-refractivity contribution in [2.45, 2.75) is 6.92 Å². The first-order valence-corrected chi connectivity index (χ1v) is 8.34. The van der Waals surface area contributed by atoms with Crippen molar-refractivity contribution < 1.29 is 13.9 Å². The molecule has 134 valence electrons. The third-order valence-electron chi connectivity index (χ3n) is 3.76. The molecule has 0 saturated heterocycles. The van der Waals surface area contributed by atoms with Gasteiger partial charge >= 0.3 is 0 Å². The lowest BCUT2D eigenvalue weighted by Gasteiger charge is -2.08. The molecule has 0 spiro atoms. The van der Waals surface area contributed by atoms with Crippen LogP contribution in [0.1, 0.15) is 12.7 Å². The predicted molar refractivity (Wildman–Crippen MR) is 107 cm³/mol. The Bertz CT molecular complexity index is 948. The third-order valence-corrected chi connectivity index (χ3v) is 3.95. The smallest absolute Gasteiger partial charge is 0.191 e. The SMILES string of the molecule is COc1ccc(NC(=S)N/N=C(/C)c2cc3cccc(OC)c3o2)cc1. The normalized spacial score (nSPS) is 11.3. The van der Waals surface area contributed by atoms with Gasteiger partial charge in [0.15, 0.2) is 22.2 Å². The number of benzene rings is 2. The number of anilines is 1. The Hall–Kier alpha value is -3.06. The third kappa shape index (κ3) is 3.94. The van der Waals surface area contributed by atoms with Gasteiger partial charge in [-0.05, 0) is 55.5 Å². The Morgan fingerprint density at radius 2 is 1.85 bits per heavy atom. The van der Waals surface area contributed by atoms with Crippen molar-refractivity contribution in [3.05, 3.63) is 54.3 Å². The summed E-state index contributed by atoms with van der Waals surface area (Å²) in [7, 11) is 3.24. The summed E-state index contributed by atoms with van der Waals surface area (Å²) in [6.07, 6.45) is 0. The summed E-state index contributed by atoms with van der Waals surface area (Å²) in [6.45, 7) is 1.84. The van der Waals surface area contributed by atoms with Gasteiger partial charge in [-0.25, -0.2) is 0 Å².